The Morgan fingerprint density at radius 3 is 2.32 bits per heavy atom. The molecule has 0 bridgehead atoms. The van der Waals surface area contributed by atoms with Crippen LogP contribution in [0.25, 0.3) is 0 Å². The third kappa shape index (κ3) is 4.44. The van der Waals surface area contributed by atoms with Crippen LogP contribution in [-0.4, -0.2) is 60.9 Å². The molecule has 2 aromatic rings. The molecule has 3 saturated heterocycles. The molecule has 9 heteroatoms. The number of esters is 1. The zero-order valence-electron chi connectivity index (χ0n) is 18.6. The maximum atomic E-state index is 13.3. The number of thioether (sulfide) groups is 1. The van der Waals surface area contributed by atoms with Gasteiger partial charge in [0.2, 0.25) is 11.8 Å². The van der Waals surface area contributed by atoms with Crippen LogP contribution in [-0.2, 0) is 43.3 Å². The van der Waals surface area contributed by atoms with Gasteiger partial charge in [0.15, 0.2) is 0 Å². The van der Waals surface area contributed by atoms with Crippen LogP contribution in [0.4, 0.5) is 0 Å². The van der Waals surface area contributed by atoms with Gasteiger partial charge in [-0.1, -0.05) is 71.8 Å². The molecule has 3 fully saturated rings. The third-order valence-electron chi connectivity index (χ3n) is 6.69. The Bertz CT molecular complexity index is 1060. The zero-order valence-corrected chi connectivity index (χ0v) is 20.2. The number of fused-ring (bicyclic) bond motifs is 1. The van der Waals surface area contributed by atoms with Gasteiger partial charge in [0.05, 0.1) is 11.2 Å². The third-order valence-corrected chi connectivity index (χ3v) is 9.85. The molecular formula is C25H26N2O5S2. The average Bonchev–Trinajstić information content (AvgIpc) is 3.15. The average molecular weight is 499 g/mol. The summed E-state index contributed by atoms with van der Waals surface area (Å²) in [5.74, 6) is 0.0709. The van der Waals surface area contributed by atoms with Gasteiger partial charge >= 0.3 is 5.97 Å². The van der Waals surface area contributed by atoms with Gasteiger partial charge < -0.3 is 19.5 Å². The number of carbonyl (C=O) groups is 3. The number of rotatable bonds is 6. The largest absolute Gasteiger partial charge is 0.616 e. The predicted molar refractivity (Wildman–Crippen MR) is 130 cm³/mol. The number of nitrogens with one attached hydrogen (secondary N) is 1. The second-order valence-corrected chi connectivity index (χ2v) is 12.1. The number of amides is 2. The predicted octanol–water partition coefficient (Wildman–Crippen LogP) is 2.02. The van der Waals surface area contributed by atoms with Crippen molar-refractivity contribution >= 4 is 40.7 Å². The van der Waals surface area contributed by atoms with E-state index >= 15 is 0 Å². The molecule has 2 aromatic carbocycles. The highest BCUT2D eigenvalue weighted by Crippen LogP contribution is 2.56. The van der Waals surface area contributed by atoms with E-state index in [9.17, 15) is 18.9 Å². The first-order chi connectivity index (χ1) is 16.5. The van der Waals surface area contributed by atoms with E-state index in [1.54, 1.807) is 16.7 Å². The molecule has 34 heavy (non-hydrogen) atoms. The van der Waals surface area contributed by atoms with E-state index in [2.05, 4.69) is 5.32 Å². The lowest BCUT2D eigenvalue weighted by molar-refractivity contribution is -0.165. The van der Waals surface area contributed by atoms with Crippen LogP contribution in [0.2, 0.25) is 0 Å². The van der Waals surface area contributed by atoms with Crippen LogP contribution in [0.15, 0.2) is 60.7 Å². The number of carbonyl (C=O) groups excluding carboxylic acids is 3. The van der Waals surface area contributed by atoms with Crippen molar-refractivity contribution in [3.8, 4) is 0 Å². The zero-order chi connectivity index (χ0) is 23.7. The molecule has 2 amide bonds. The van der Waals surface area contributed by atoms with E-state index in [0.29, 0.717) is 24.3 Å². The molecule has 0 radical (unpaired) electrons. The Morgan fingerprint density at radius 2 is 1.68 bits per heavy atom. The second kappa shape index (κ2) is 9.64. The van der Waals surface area contributed by atoms with E-state index < -0.39 is 34.0 Å². The molecule has 2 unspecified atom stereocenters. The Labute approximate surface area is 205 Å². The second-order valence-electron chi connectivity index (χ2n) is 8.87. The topological polar surface area (TPSA) is 98.8 Å². The number of β-lactam (4-membered cyclic amide) rings is 1. The van der Waals surface area contributed by atoms with E-state index in [4.69, 9.17) is 4.74 Å². The first kappa shape index (κ1) is 23.3. The van der Waals surface area contributed by atoms with Crippen molar-refractivity contribution in [3.63, 3.8) is 0 Å². The van der Waals surface area contributed by atoms with Crippen molar-refractivity contribution in [2.45, 2.75) is 48.1 Å². The first-order valence-electron chi connectivity index (χ1n) is 11.4. The van der Waals surface area contributed by atoms with E-state index in [0.717, 1.165) is 11.1 Å². The van der Waals surface area contributed by atoms with Crippen molar-refractivity contribution < 1.29 is 23.7 Å². The Hall–Kier alpha value is -2.49. The van der Waals surface area contributed by atoms with Gasteiger partial charge in [0.1, 0.15) is 35.6 Å². The maximum absolute atomic E-state index is 13.3. The minimum absolute atomic E-state index is 0.132. The molecule has 1 N–H and O–H groups in total. The van der Waals surface area contributed by atoms with Crippen LogP contribution < -0.4 is 5.32 Å². The van der Waals surface area contributed by atoms with Crippen molar-refractivity contribution in [1.82, 2.24) is 10.2 Å². The quantitative estimate of drug-likeness (QED) is 0.372. The van der Waals surface area contributed by atoms with Crippen LogP contribution >= 0.6 is 11.8 Å². The molecule has 5 rings (SSSR count). The summed E-state index contributed by atoms with van der Waals surface area (Å²) in [7, 11) is 0. The number of hydrogen-bond acceptors (Lipinski definition) is 6. The smallest absolute Gasteiger partial charge is 0.330 e. The molecule has 3 heterocycles. The highest BCUT2D eigenvalue weighted by Gasteiger charge is 2.68. The minimum Gasteiger partial charge on any atom is -0.616 e. The minimum atomic E-state index is -0.914. The molecule has 1 spiro atoms. The normalized spacial score (nSPS) is 29.9. The van der Waals surface area contributed by atoms with Gasteiger partial charge in [0, 0.05) is 12.8 Å². The molecular weight excluding hydrogens is 472 g/mol. The molecule has 7 nitrogen and oxygen atoms in total. The maximum Gasteiger partial charge on any atom is 0.330 e. The van der Waals surface area contributed by atoms with Gasteiger partial charge in [-0.3, -0.25) is 9.59 Å². The summed E-state index contributed by atoms with van der Waals surface area (Å²) in [4.78, 5) is 40.6. The number of nitrogens with zero attached hydrogens (tertiary/aromatic N) is 1. The molecule has 3 aliphatic rings. The highest BCUT2D eigenvalue weighted by atomic mass is 32.2. The van der Waals surface area contributed by atoms with Crippen molar-refractivity contribution in [1.29, 1.82) is 0 Å². The SMILES string of the molecule is O=C(Cc1ccccc1)NC1C(=O)N2C(C(=O)OCc3ccccc3)C3(CC[S+]([O-])CC3)S[C@@H]12. The van der Waals surface area contributed by atoms with Crippen molar-refractivity contribution in [2.75, 3.05) is 11.5 Å². The van der Waals surface area contributed by atoms with Gasteiger partial charge in [-0.05, 0) is 11.1 Å². The number of benzene rings is 2. The summed E-state index contributed by atoms with van der Waals surface area (Å²) in [6, 6.07) is 17.4. The van der Waals surface area contributed by atoms with Gasteiger partial charge in [-0.25, -0.2) is 4.79 Å². The standard InChI is InChI=1S/C25H26N2O5S2/c28-19(15-17-7-3-1-4-8-17)26-20-22(29)27-21(24(30)32-16-18-9-5-2-6-10-18)25(33-23(20)27)11-13-34(31)14-12-25/h1-10,20-21,23H,11-16H2,(H,26,28)/t20?,21?,23-,25?,34?/m0/s1. The Balaban J connectivity index is 1.30. The fraction of sp³-hybridized carbons (Fsp3) is 0.400. The van der Waals surface area contributed by atoms with Crippen molar-refractivity contribution in [2.24, 2.45) is 0 Å². The summed E-state index contributed by atoms with van der Waals surface area (Å²) in [6.07, 6.45) is 1.33. The fourth-order valence-corrected chi connectivity index (χ4v) is 8.48. The summed E-state index contributed by atoms with van der Waals surface area (Å²) >= 11 is 0.645. The fourth-order valence-electron chi connectivity index (χ4n) is 4.91. The molecule has 3 aliphatic heterocycles. The van der Waals surface area contributed by atoms with Crippen LogP contribution in [0.5, 0.6) is 0 Å². The van der Waals surface area contributed by atoms with Crippen LogP contribution in [0.1, 0.15) is 24.0 Å². The summed E-state index contributed by atoms with van der Waals surface area (Å²) in [5.41, 5.74) is 1.74. The molecule has 0 aromatic heterocycles. The first-order valence-corrected chi connectivity index (χ1v) is 13.7. The molecule has 0 aliphatic carbocycles. The summed E-state index contributed by atoms with van der Waals surface area (Å²) < 4.78 is 17.2. The van der Waals surface area contributed by atoms with E-state index in [-0.39, 0.29) is 30.2 Å². The van der Waals surface area contributed by atoms with Gasteiger partial charge in [-0.15, -0.1) is 11.8 Å². The van der Waals surface area contributed by atoms with Crippen LogP contribution in [0, 0.1) is 0 Å². The summed E-state index contributed by atoms with van der Waals surface area (Å²) in [6.45, 7) is 0.132. The Kier molecular flexibility index (Phi) is 6.59. The lowest BCUT2D eigenvalue weighted by Crippen LogP contribution is -2.71. The number of hydrogen-bond donors (Lipinski definition) is 1. The highest BCUT2D eigenvalue weighted by molar-refractivity contribution is 8.02. The van der Waals surface area contributed by atoms with Crippen molar-refractivity contribution in [3.05, 3.63) is 71.8 Å². The van der Waals surface area contributed by atoms with E-state index in [1.807, 2.05) is 60.7 Å². The molecule has 0 saturated carbocycles. The van der Waals surface area contributed by atoms with Gasteiger partial charge in [0.25, 0.3) is 0 Å². The lowest BCUT2D eigenvalue weighted by Gasteiger charge is -2.44. The number of ether oxygens (including phenoxy) is 1. The summed E-state index contributed by atoms with van der Waals surface area (Å²) in [5, 5.41) is 2.55. The lowest BCUT2D eigenvalue weighted by atomic mass is 9.88. The Morgan fingerprint density at radius 1 is 1.06 bits per heavy atom. The monoisotopic (exact) mass is 498 g/mol. The molecule has 178 valence electrons. The van der Waals surface area contributed by atoms with E-state index in [1.165, 1.54) is 0 Å². The van der Waals surface area contributed by atoms with Gasteiger partial charge in [-0.2, -0.15) is 0 Å². The molecule has 3 atom stereocenters. The van der Waals surface area contributed by atoms with Crippen LogP contribution in [0.3, 0.4) is 0 Å².